The van der Waals surface area contributed by atoms with Crippen LogP contribution in [0.4, 0.5) is 0 Å². The van der Waals surface area contributed by atoms with Crippen LogP contribution >= 0.6 is 0 Å². The molecule has 17 aromatic carbocycles. The van der Waals surface area contributed by atoms with Crippen LogP contribution in [-0.4, -0.2) is 49.8 Å². The summed E-state index contributed by atoms with van der Waals surface area (Å²) in [6.45, 7) is 23.1. The average Bonchev–Trinajstić information content (AvgIpc) is 1.59. The Balaban J connectivity index is 0.000000150. The molecule has 5 aliphatic rings. The van der Waals surface area contributed by atoms with Gasteiger partial charge < -0.3 is 0 Å². The molecule has 0 amide bonds. The molecule has 26 rings (SSSR count). The van der Waals surface area contributed by atoms with Gasteiger partial charge in [-0.3, -0.25) is 0 Å². The normalized spacial score (nSPS) is 14.2. The summed E-state index contributed by atoms with van der Waals surface area (Å²) in [5, 5.41) is 0. The van der Waals surface area contributed by atoms with Crippen molar-refractivity contribution in [2.24, 2.45) is 0 Å². The summed E-state index contributed by atoms with van der Waals surface area (Å²) >= 11 is 0. The van der Waals surface area contributed by atoms with E-state index in [0.717, 1.165) is 112 Å². The monoisotopic (exact) mass is 1810 g/mol. The topological polar surface area (TPSA) is 129 Å². The van der Waals surface area contributed by atoms with E-state index < -0.39 is 0 Å². The number of fused-ring (bicyclic) bond motifs is 15. The molecular formula is C131H98N10. The molecule has 0 saturated heterocycles. The van der Waals surface area contributed by atoms with E-state index in [1.54, 1.807) is 0 Å². The molecule has 0 atom stereocenters. The van der Waals surface area contributed by atoms with Gasteiger partial charge in [-0.15, -0.1) is 0 Å². The Morgan fingerprint density at radius 1 is 0.113 bits per heavy atom. The molecule has 0 saturated carbocycles. The molecule has 4 aromatic heterocycles. The molecule has 141 heavy (non-hydrogen) atoms. The van der Waals surface area contributed by atoms with E-state index in [1.165, 1.54) is 111 Å². The molecule has 0 aliphatic heterocycles. The van der Waals surface area contributed by atoms with Gasteiger partial charge in [0.15, 0.2) is 46.6 Å². The molecule has 0 radical (unpaired) electrons. The lowest BCUT2D eigenvalue weighted by atomic mass is 9.82. The molecular weight excluding hydrogens is 1710 g/mol. The van der Waals surface area contributed by atoms with E-state index in [1.807, 2.05) is 30.3 Å². The smallest absolute Gasteiger partial charge is 0.164 e. The standard InChI is InChI=1S/C70H53N5.C61H45N5/c1-68(2)56-27-13-10-24-50(56)53-33-30-47(38-59(53)68)64-71-62(42-18-8-7-9-19-42)41-63(72-64)45-22-16-20-43(36-45)44-21-17-23-46(37-44)65-73-66(48-31-34-54-51-25-11-14-28-57(51)69(3,4)60(54)39-48)75-67(74-65)49-32-35-55-52-26-12-15-29-58(52)70(5,6)61(55)40-49;1-60(2)51-28-14-12-26-47(51)49-35-44(30-32-52(49)60)59-65-56(39-19-9-6-10-20-39)64-58(66-59)43-24-16-22-41(34-43)40-21-15-23-42(33-40)55-37-54(38-17-7-5-8-18-38)62-57(63-55)45-29-31-48-46-25-11-13-27-50(46)61(3,4)53(48)36-45/h7-41H,1-6H3;5-37H,1-4H3. The number of hydrogen-bond acceptors (Lipinski definition) is 10. The summed E-state index contributed by atoms with van der Waals surface area (Å²) in [6.07, 6.45) is 0. The zero-order valence-electron chi connectivity index (χ0n) is 80.2. The number of rotatable bonds is 14. The second kappa shape index (κ2) is 33.1. The van der Waals surface area contributed by atoms with Crippen molar-refractivity contribution in [2.45, 2.75) is 96.3 Å². The van der Waals surface area contributed by atoms with E-state index in [2.05, 4.69) is 451 Å². The van der Waals surface area contributed by atoms with Crippen LogP contribution in [0.15, 0.2) is 413 Å². The lowest BCUT2D eigenvalue weighted by Gasteiger charge is -2.22. The van der Waals surface area contributed by atoms with Gasteiger partial charge in [0.2, 0.25) is 0 Å². The van der Waals surface area contributed by atoms with Crippen LogP contribution in [0.3, 0.4) is 0 Å². The number of benzene rings is 17. The molecule has 10 heteroatoms. The maximum absolute atomic E-state index is 5.35. The van der Waals surface area contributed by atoms with Crippen LogP contribution in [0.1, 0.15) is 125 Å². The van der Waals surface area contributed by atoms with Gasteiger partial charge in [-0.25, -0.2) is 49.8 Å². The van der Waals surface area contributed by atoms with Gasteiger partial charge in [-0.05, 0) is 200 Å². The summed E-state index contributed by atoms with van der Waals surface area (Å²) < 4.78 is 0. The van der Waals surface area contributed by atoms with Crippen molar-refractivity contribution in [3.05, 3.63) is 468 Å². The van der Waals surface area contributed by atoms with Crippen molar-refractivity contribution in [1.82, 2.24) is 49.8 Å². The zero-order valence-corrected chi connectivity index (χ0v) is 80.2. The predicted molar refractivity (Wildman–Crippen MR) is 575 cm³/mol. The third kappa shape index (κ3) is 14.6. The van der Waals surface area contributed by atoms with Crippen LogP contribution < -0.4 is 0 Å². The Bertz CT molecular complexity index is 8580. The third-order valence-corrected chi connectivity index (χ3v) is 30.3. The van der Waals surface area contributed by atoms with Crippen LogP contribution in [0.25, 0.3) is 214 Å². The fourth-order valence-corrected chi connectivity index (χ4v) is 22.7. The maximum Gasteiger partial charge on any atom is 0.164 e. The summed E-state index contributed by atoms with van der Waals surface area (Å²) in [7, 11) is 0. The fraction of sp³-hybridized carbons (Fsp3) is 0.115. The largest absolute Gasteiger partial charge is 0.228 e. The minimum atomic E-state index is -0.174. The molecule has 4 heterocycles. The van der Waals surface area contributed by atoms with E-state index >= 15 is 0 Å². The minimum Gasteiger partial charge on any atom is -0.228 e. The lowest BCUT2D eigenvalue weighted by molar-refractivity contribution is 0.660. The Labute approximate surface area is 822 Å². The first-order chi connectivity index (χ1) is 68.6. The van der Waals surface area contributed by atoms with Crippen molar-refractivity contribution in [3.8, 4) is 214 Å². The molecule has 10 nitrogen and oxygen atoms in total. The molecule has 0 spiro atoms. The molecule has 0 N–H and O–H groups in total. The van der Waals surface area contributed by atoms with Gasteiger partial charge in [0.05, 0.1) is 22.8 Å². The number of hydrogen-bond donors (Lipinski definition) is 0. The van der Waals surface area contributed by atoms with Crippen LogP contribution in [-0.2, 0) is 27.1 Å². The van der Waals surface area contributed by atoms with E-state index in [0.29, 0.717) is 46.6 Å². The molecule has 0 fully saturated rings. The number of nitrogens with zero attached hydrogens (tertiary/aromatic N) is 10. The second-order valence-electron chi connectivity index (χ2n) is 40.6. The van der Waals surface area contributed by atoms with Gasteiger partial charge in [0, 0.05) is 93.8 Å². The van der Waals surface area contributed by atoms with Gasteiger partial charge in [0.25, 0.3) is 0 Å². The van der Waals surface area contributed by atoms with Crippen molar-refractivity contribution in [3.63, 3.8) is 0 Å². The van der Waals surface area contributed by atoms with Crippen molar-refractivity contribution < 1.29 is 0 Å². The highest BCUT2D eigenvalue weighted by Crippen LogP contribution is 2.56. The zero-order chi connectivity index (χ0) is 95.4. The molecule has 21 aromatic rings. The van der Waals surface area contributed by atoms with E-state index in [-0.39, 0.29) is 27.1 Å². The third-order valence-electron chi connectivity index (χ3n) is 30.3. The van der Waals surface area contributed by atoms with Crippen molar-refractivity contribution in [2.75, 3.05) is 0 Å². The van der Waals surface area contributed by atoms with Gasteiger partial charge in [-0.1, -0.05) is 415 Å². The highest BCUT2D eigenvalue weighted by molar-refractivity contribution is 5.91. The lowest BCUT2D eigenvalue weighted by Crippen LogP contribution is -2.15. The Kier molecular flexibility index (Phi) is 20.1. The van der Waals surface area contributed by atoms with Crippen LogP contribution in [0, 0.1) is 0 Å². The van der Waals surface area contributed by atoms with Gasteiger partial charge in [0.1, 0.15) is 0 Å². The quantitative estimate of drug-likeness (QED) is 0.104. The van der Waals surface area contributed by atoms with Crippen LogP contribution in [0.2, 0.25) is 0 Å². The summed E-state index contributed by atoms with van der Waals surface area (Å²) in [4.78, 5) is 52.5. The fourth-order valence-electron chi connectivity index (χ4n) is 22.7. The maximum atomic E-state index is 5.35. The second-order valence-corrected chi connectivity index (χ2v) is 40.6. The van der Waals surface area contributed by atoms with E-state index in [4.69, 9.17) is 49.8 Å². The molecule has 0 bridgehead atoms. The van der Waals surface area contributed by atoms with Crippen molar-refractivity contribution in [1.29, 1.82) is 0 Å². The Morgan fingerprint density at radius 2 is 0.305 bits per heavy atom. The van der Waals surface area contributed by atoms with E-state index in [9.17, 15) is 0 Å². The first-order valence-corrected chi connectivity index (χ1v) is 48.7. The summed E-state index contributed by atoms with van der Waals surface area (Å²) in [6, 6.07) is 147. The highest BCUT2D eigenvalue weighted by atomic mass is 15.0. The Hall–Kier alpha value is -17.1. The first-order valence-electron chi connectivity index (χ1n) is 48.7. The van der Waals surface area contributed by atoms with Crippen molar-refractivity contribution >= 4 is 0 Å². The van der Waals surface area contributed by atoms with Gasteiger partial charge >= 0.3 is 0 Å². The highest BCUT2D eigenvalue weighted by Gasteiger charge is 2.42. The summed E-state index contributed by atoms with van der Waals surface area (Å²) in [5.41, 5.74) is 44.6. The molecule has 0 unspecified atom stereocenters. The SMILES string of the molecule is CC1(C)c2ccccc2-c2cc(-c3nc(-c4ccccc4)nc(-c4cccc(-c5cccc(-c6cc(-c7ccccc7)nc(-c7ccc8c(c7)C(C)(C)c7ccccc7-8)n6)c5)c4)n3)ccc21.CC1(C)c2ccccc2-c2ccc(-c3nc(-c4ccccc4)cc(-c4cccc(-c5cccc(-c6nc(-c7ccc8c(c7)C(C)(C)c7ccccc7-8)nc(-c7ccc8c(c7)C(C)(C)c7ccccc7-8)n6)c5)c4)n3)cc21. The van der Waals surface area contributed by atoms with Crippen LogP contribution in [0.5, 0.6) is 0 Å². The predicted octanol–water partition coefficient (Wildman–Crippen LogP) is 32.2. The first kappa shape index (κ1) is 85.6. The molecule has 5 aliphatic carbocycles. The molecule has 672 valence electrons. The summed E-state index contributed by atoms with van der Waals surface area (Å²) in [5.74, 6) is 5.19. The average molecular weight is 1810 g/mol. The Morgan fingerprint density at radius 3 is 0.617 bits per heavy atom. The number of aromatic nitrogens is 10. The minimum absolute atomic E-state index is 0.0885. The van der Waals surface area contributed by atoms with Gasteiger partial charge in [-0.2, -0.15) is 0 Å².